The predicted molar refractivity (Wildman–Crippen MR) is 83.6 cm³/mol. The number of carbonyl (C=O) groups excluding carboxylic acids is 1. The summed E-state index contributed by atoms with van der Waals surface area (Å²) < 4.78 is 10.1. The molecule has 112 valence electrons. The summed E-state index contributed by atoms with van der Waals surface area (Å²) in [4.78, 5) is 19.2. The number of aromatic amines is 1. The largest absolute Gasteiger partial charge is 0.479 e. The first-order valence-electron chi connectivity index (χ1n) is 6.97. The third kappa shape index (κ3) is 2.79. The van der Waals surface area contributed by atoms with Crippen LogP contribution in [-0.2, 0) is 9.53 Å². The van der Waals surface area contributed by atoms with Crippen molar-refractivity contribution in [2.75, 3.05) is 7.11 Å². The molecular weight excluding hydrogens is 280 g/mol. The van der Waals surface area contributed by atoms with Gasteiger partial charge in [0.1, 0.15) is 11.6 Å². The van der Waals surface area contributed by atoms with Gasteiger partial charge in [0.25, 0.3) is 0 Å². The molecule has 0 aliphatic carbocycles. The molecule has 1 atom stereocenters. The van der Waals surface area contributed by atoms with E-state index in [1.165, 1.54) is 7.11 Å². The van der Waals surface area contributed by atoms with Crippen molar-refractivity contribution in [3.63, 3.8) is 0 Å². The molecule has 0 amide bonds. The Kier molecular flexibility index (Phi) is 3.78. The van der Waals surface area contributed by atoms with E-state index in [0.29, 0.717) is 5.75 Å². The maximum absolute atomic E-state index is 11.3. The third-order valence-electron chi connectivity index (χ3n) is 3.36. The lowest BCUT2D eigenvalue weighted by atomic mass is 10.2. The Morgan fingerprint density at radius 3 is 2.55 bits per heavy atom. The lowest BCUT2D eigenvalue weighted by molar-refractivity contribution is -0.147. The second-order valence-corrected chi connectivity index (χ2v) is 4.91. The summed E-state index contributed by atoms with van der Waals surface area (Å²) in [5, 5.41) is 0. The molecule has 0 aliphatic rings. The van der Waals surface area contributed by atoms with E-state index in [0.717, 1.165) is 22.4 Å². The lowest BCUT2D eigenvalue weighted by Crippen LogP contribution is -2.24. The first kappa shape index (κ1) is 14.1. The highest BCUT2D eigenvalue weighted by Gasteiger charge is 2.14. The molecular formula is C17H16N2O3. The van der Waals surface area contributed by atoms with Crippen molar-refractivity contribution in [2.45, 2.75) is 13.0 Å². The molecule has 0 spiro atoms. The summed E-state index contributed by atoms with van der Waals surface area (Å²) in [7, 11) is 1.34. The molecule has 3 aromatic rings. The number of aromatic nitrogens is 2. The Hall–Kier alpha value is -2.82. The maximum atomic E-state index is 11.3. The van der Waals surface area contributed by atoms with E-state index in [4.69, 9.17) is 4.74 Å². The van der Waals surface area contributed by atoms with Crippen LogP contribution >= 0.6 is 0 Å². The zero-order valence-electron chi connectivity index (χ0n) is 12.4. The van der Waals surface area contributed by atoms with Gasteiger partial charge in [-0.2, -0.15) is 0 Å². The van der Waals surface area contributed by atoms with Gasteiger partial charge in [-0.15, -0.1) is 0 Å². The van der Waals surface area contributed by atoms with Crippen LogP contribution < -0.4 is 4.74 Å². The molecule has 5 heteroatoms. The smallest absolute Gasteiger partial charge is 0.346 e. The van der Waals surface area contributed by atoms with Gasteiger partial charge < -0.3 is 14.5 Å². The molecule has 0 radical (unpaired) electrons. The minimum absolute atomic E-state index is 0.402. The molecule has 3 rings (SSSR count). The summed E-state index contributed by atoms with van der Waals surface area (Å²) in [6.45, 7) is 1.65. The van der Waals surface area contributed by atoms with Crippen molar-refractivity contribution in [3.8, 4) is 17.1 Å². The highest BCUT2D eigenvalue weighted by atomic mass is 16.6. The molecule has 1 unspecified atom stereocenters. The Bertz CT molecular complexity index is 760. The van der Waals surface area contributed by atoms with E-state index < -0.39 is 12.1 Å². The van der Waals surface area contributed by atoms with Crippen LogP contribution in [-0.4, -0.2) is 29.2 Å². The van der Waals surface area contributed by atoms with Gasteiger partial charge in [0, 0.05) is 5.56 Å². The number of ether oxygens (including phenoxy) is 2. The van der Waals surface area contributed by atoms with Crippen LogP contribution in [0.2, 0.25) is 0 Å². The van der Waals surface area contributed by atoms with Crippen LogP contribution in [0.15, 0.2) is 48.5 Å². The quantitative estimate of drug-likeness (QED) is 0.751. The van der Waals surface area contributed by atoms with Crippen molar-refractivity contribution in [1.82, 2.24) is 9.97 Å². The monoisotopic (exact) mass is 296 g/mol. The molecule has 0 fully saturated rings. The fraction of sp³-hybridized carbons (Fsp3) is 0.176. The Morgan fingerprint density at radius 1 is 1.14 bits per heavy atom. The SMILES string of the molecule is COC(=O)C(C)Oc1ccc(-c2nc3ccccc3[nH]2)cc1. The molecule has 1 heterocycles. The molecule has 5 nitrogen and oxygen atoms in total. The first-order valence-corrected chi connectivity index (χ1v) is 6.97. The van der Waals surface area contributed by atoms with Gasteiger partial charge in [0.05, 0.1) is 18.1 Å². The number of rotatable bonds is 4. The number of nitrogens with zero attached hydrogens (tertiary/aromatic N) is 1. The average Bonchev–Trinajstić information content (AvgIpc) is 2.98. The number of fused-ring (bicyclic) bond motifs is 1. The number of methoxy groups -OCH3 is 1. The highest BCUT2D eigenvalue weighted by molar-refractivity contribution is 5.79. The fourth-order valence-corrected chi connectivity index (χ4v) is 2.20. The molecule has 0 saturated heterocycles. The predicted octanol–water partition coefficient (Wildman–Crippen LogP) is 3.17. The number of hydrogen-bond acceptors (Lipinski definition) is 4. The lowest BCUT2D eigenvalue weighted by Gasteiger charge is -2.12. The van der Waals surface area contributed by atoms with Gasteiger partial charge in [-0.3, -0.25) is 0 Å². The number of nitrogens with one attached hydrogen (secondary N) is 1. The normalized spacial score (nSPS) is 12.1. The van der Waals surface area contributed by atoms with E-state index in [9.17, 15) is 4.79 Å². The first-order chi connectivity index (χ1) is 10.7. The van der Waals surface area contributed by atoms with Gasteiger partial charge in [-0.1, -0.05) is 12.1 Å². The number of H-pyrrole nitrogens is 1. The van der Waals surface area contributed by atoms with Crippen molar-refractivity contribution < 1.29 is 14.3 Å². The van der Waals surface area contributed by atoms with E-state index in [2.05, 4.69) is 14.7 Å². The molecule has 0 bridgehead atoms. The Morgan fingerprint density at radius 2 is 1.86 bits per heavy atom. The van der Waals surface area contributed by atoms with E-state index in [-0.39, 0.29) is 0 Å². The summed E-state index contributed by atoms with van der Waals surface area (Å²) in [5.41, 5.74) is 2.88. The number of esters is 1. The van der Waals surface area contributed by atoms with Crippen molar-refractivity contribution in [3.05, 3.63) is 48.5 Å². The minimum atomic E-state index is -0.637. The zero-order chi connectivity index (χ0) is 15.5. The van der Waals surface area contributed by atoms with E-state index >= 15 is 0 Å². The van der Waals surface area contributed by atoms with Gasteiger partial charge in [-0.25, -0.2) is 9.78 Å². The van der Waals surface area contributed by atoms with E-state index in [1.807, 2.05) is 48.5 Å². The zero-order valence-corrected chi connectivity index (χ0v) is 12.4. The Balaban J connectivity index is 1.80. The number of carbonyl (C=O) groups is 1. The third-order valence-corrected chi connectivity index (χ3v) is 3.36. The number of benzene rings is 2. The van der Waals surface area contributed by atoms with Crippen LogP contribution in [0.1, 0.15) is 6.92 Å². The van der Waals surface area contributed by atoms with Crippen LogP contribution in [0.25, 0.3) is 22.4 Å². The van der Waals surface area contributed by atoms with Crippen LogP contribution in [0.5, 0.6) is 5.75 Å². The highest BCUT2D eigenvalue weighted by Crippen LogP contribution is 2.23. The molecule has 0 saturated carbocycles. The second-order valence-electron chi connectivity index (χ2n) is 4.91. The number of hydrogen-bond donors (Lipinski definition) is 1. The van der Waals surface area contributed by atoms with Crippen molar-refractivity contribution in [2.24, 2.45) is 0 Å². The fourth-order valence-electron chi connectivity index (χ4n) is 2.20. The standard InChI is InChI=1S/C17H16N2O3/c1-11(17(20)21-2)22-13-9-7-12(8-10-13)16-18-14-5-3-4-6-15(14)19-16/h3-11H,1-2H3,(H,18,19). The molecule has 0 aliphatic heterocycles. The summed E-state index contributed by atoms with van der Waals surface area (Å²) in [5.74, 6) is 1.01. The van der Waals surface area contributed by atoms with E-state index in [1.54, 1.807) is 6.92 Å². The minimum Gasteiger partial charge on any atom is -0.479 e. The number of para-hydroxylation sites is 2. The summed E-state index contributed by atoms with van der Waals surface area (Å²) in [6.07, 6.45) is -0.637. The Labute approximate surface area is 127 Å². The van der Waals surface area contributed by atoms with Crippen molar-refractivity contribution in [1.29, 1.82) is 0 Å². The molecule has 1 aromatic heterocycles. The second kappa shape index (κ2) is 5.89. The average molecular weight is 296 g/mol. The topological polar surface area (TPSA) is 64.2 Å². The van der Waals surface area contributed by atoms with Crippen LogP contribution in [0.4, 0.5) is 0 Å². The summed E-state index contributed by atoms with van der Waals surface area (Å²) in [6, 6.07) is 15.3. The van der Waals surface area contributed by atoms with Gasteiger partial charge in [-0.05, 0) is 43.3 Å². The summed E-state index contributed by atoms with van der Waals surface area (Å²) >= 11 is 0. The van der Waals surface area contributed by atoms with Crippen LogP contribution in [0.3, 0.4) is 0 Å². The van der Waals surface area contributed by atoms with Gasteiger partial charge in [0.2, 0.25) is 0 Å². The molecule has 1 N–H and O–H groups in total. The van der Waals surface area contributed by atoms with Gasteiger partial charge >= 0.3 is 5.97 Å². The molecule has 22 heavy (non-hydrogen) atoms. The number of imidazole rings is 1. The van der Waals surface area contributed by atoms with Gasteiger partial charge in [0.15, 0.2) is 6.10 Å². The van der Waals surface area contributed by atoms with Crippen LogP contribution in [0, 0.1) is 0 Å². The van der Waals surface area contributed by atoms with Crippen molar-refractivity contribution >= 4 is 17.0 Å². The molecule has 2 aromatic carbocycles. The maximum Gasteiger partial charge on any atom is 0.346 e.